The molecule has 0 heterocycles. The van der Waals surface area contributed by atoms with Gasteiger partial charge < -0.3 is 0 Å². The summed E-state index contributed by atoms with van der Waals surface area (Å²) in [6.45, 7) is 2.38. The Balaban J connectivity index is 1.91. The summed E-state index contributed by atoms with van der Waals surface area (Å²) in [6, 6.07) is 22.5. The smallest absolute Gasteiger partial charge is 0.00763 e. The van der Waals surface area contributed by atoms with Crippen LogP contribution in [-0.4, -0.2) is 0 Å². The molecule has 3 aromatic carbocycles. The lowest BCUT2D eigenvalue weighted by Gasteiger charge is -2.33. The predicted molar refractivity (Wildman–Crippen MR) is 93.9 cm³/mol. The summed E-state index contributed by atoms with van der Waals surface area (Å²) < 4.78 is 0. The van der Waals surface area contributed by atoms with E-state index in [1.54, 1.807) is 11.1 Å². The van der Waals surface area contributed by atoms with E-state index in [-0.39, 0.29) is 0 Å². The van der Waals surface area contributed by atoms with E-state index in [1.165, 1.54) is 45.9 Å². The largest absolute Gasteiger partial charge is 0.0620 e. The monoisotopic (exact) mass is 282 g/mol. The maximum absolute atomic E-state index is 2.38. The molecule has 0 aromatic heterocycles. The van der Waals surface area contributed by atoms with Crippen LogP contribution in [0.15, 0.2) is 60.7 Å². The van der Waals surface area contributed by atoms with Gasteiger partial charge in [0.25, 0.3) is 0 Å². The molecule has 0 N–H and O–H groups in total. The lowest BCUT2D eigenvalue weighted by atomic mass is 9.70. The minimum atomic E-state index is 0.482. The second-order valence-electron chi connectivity index (χ2n) is 6.52. The van der Waals surface area contributed by atoms with E-state index in [0.717, 1.165) is 0 Å². The molecule has 2 aliphatic rings. The van der Waals surface area contributed by atoms with Gasteiger partial charge in [-0.15, -0.1) is 0 Å². The molecule has 3 aromatic rings. The van der Waals surface area contributed by atoms with Crippen LogP contribution in [0.2, 0.25) is 0 Å². The molecule has 22 heavy (non-hydrogen) atoms. The highest BCUT2D eigenvalue weighted by Gasteiger charge is 2.30. The number of benzene rings is 3. The summed E-state index contributed by atoms with van der Waals surface area (Å²) in [5, 5.41) is 2.86. The van der Waals surface area contributed by atoms with Gasteiger partial charge in [-0.2, -0.15) is 0 Å². The third kappa shape index (κ3) is 1.47. The van der Waals surface area contributed by atoms with Crippen molar-refractivity contribution >= 4 is 21.9 Å². The van der Waals surface area contributed by atoms with Gasteiger partial charge in [-0.05, 0) is 57.0 Å². The first-order valence-corrected chi connectivity index (χ1v) is 8.18. The van der Waals surface area contributed by atoms with E-state index in [9.17, 15) is 0 Å². The molecule has 0 saturated heterocycles. The Morgan fingerprint density at radius 2 is 1.55 bits per heavy atom. The van der Waals surface area contributed by atoms with Crippen LogP contribution in [0.25, 0.3) is 21.9 Å². The molecule has 0 radical (unpaired) electrons. The number of fused-ring (bicyclic) bond motifs is 3. The van der Waals surface area contributed by atoms with Gasteiger partial charge >= 0.3 is 0 Å². The summed E-state index contributed by atoms with van der Waals surface area (Å²) in [4.78, 5) is 0. The zero-order valence-electron chi connectivity index (χ0n) is 12.8. The van der Waals surface area contributed by atoms with E-state index in [0.29, 0.717) is 5.92 Å². The molecule has 0 aliphatic heterocycles. The van der Waals surface area contributed by atoms with Gasteiger partial charge in [-0.1, -0.05) is 67.6 Å². The molecule has 5 rings (SSSR count). The number of hydrogen-bond acceptors (Lipinski definition) is 0. The zero-order valence-corrected chi connectivity index (χ0v) is 12.8. The fourth-order valence-electron chi connectivity index (χ4n) is 4.47. The molecule has 0 nitrogen and oxygen atoms in total. The summed E-state index contributed by atoms with van der Waals surface area (Å²) in [7, 11) is 0. The molecular formula is C22H18. The van der Waals surface area contributed by atoms with Gasteiger partial charge in [0.15, 0.2) is 0 Å². The van der Waals surface area contributed by atoms with Crippen LogP contribution in [0.3, 0.4) is 0 Å². The van der Waals surface area contributed by atoms with Crippen molar-refractivity contribution in [1.29, 1.82) is 0 Å². The van der Waals surface area contributed by atoms with Gasteiger partial charge in [-0.25, -0.2) is 0 Å². The molecule has 0 fully saturated rings. The Hall–Kier alpha value is -2.34. The van der Waals surface area contributed by atoms with Gasteiger partial charge in [-0.3, -0.25) is 0 Å². The number of allylic oxidation sites excluding steroid dienone is 2. The van der Waals surface area contributed by atoms with Crippen LogP contribution in [-0.2, 0) is 6.42 Å². The molecule has 0 spiro atoms. The molecule has 1 unspecified atom stereocenters. The third-order valence-corrected chi connectivity index (χ3v) is 5.44. The van der Waals surface area contributed by atoms with Gasteiger partial charge in [0.2, 0.25) is 0 Å². The summed E-state index contributed by atoms with van der Waals surface area (Å²) in [5.74, 6) is 0.482. The van der Waals surface area contributed by atoms with E-state index < -0.39 is 0 Å². The molecule has 0 bridgehead atoms. The molecule has 106 valence electrons. The number of aryl methyl sites for hydroxylation is 1. The molecule has 0 heteroatoms. The van der Waals surface area contributed by atoms with Gasteiger partial charge in [0.05, 0.1) is 0 Å². The summed E-state index contributed by atoms with van der Waals surface area (Å²) >= 11 is 0. The fraction of sp³-hybridized carbons (Fsp3) is 0.182. The van der Waals surface area contributed by atoms with E-state index in [2.05, 4.69) is 67.6 Å². The first kappa shape index (κ1) is 12.2. The molecule has 0 saturated carbocycles. The van der Waals surface area contributed by atoms with Crippen LogP contribution in [0.1, 0.15) is 41.5 Å². The average Bonchev–Trinajstić information content (AvgIpc) is 2.58. The van der Waals surface area contributed by atoms with Crippen molar-refractivity contribution in [2.75, 3.05) is 0 Å². The van der Waals surface area contributed by atoms with E-state index >= 15 is 0 Å². The van der Waals surface area contributed by atoms with Crippen molar-refractivity contribution in [1.82, 2.24) is 0 Å². The quantitative estimate of drug-likeness (QED) is 0.488. The molecular weight excluding hydrogens is 264 g/mol. The topological polar surface area (TPSA) is 0 Å². The summed E-state index contributed by atoms with van der Waals surface area (Å²) in [6.07, 6.45) is 2.34. The normalized spacial score (nSPS) is 19.0. The average molecular weight is 282 g/mol. The van der Waals surface area contributed by atoms with Crippen molar-refractivity contribution in [2.45, 2.75) is 25.7 Å². The summed E-state index contributed by atoms with van der Waals surface area (Å²) in [5.41, 5.74) is 9.09. The van der Waals surface area contributed by atoms with Crippen molar-refractivity contribution in [3.63, 3.8) is 0 Å². The molecule has 0 amide bonds. The number of hydrogen-bond donors (Lipinski definition) is 0. The minimum absolute atomic E-state index is 0.482. The van der Waals surface area contributed by atoms with Crippen LogP contribution in [0.4, 0.5) is 0 Å². The SMILES string of the molecule is CC1C2=C(CCc3ccccc32)c2cccc3cccc1c23. The van der Waals surface area contributed by atoms with Crippen molar-refractivity contribution in [3.05, 3.63) is 82.9 Å². The van der Waals surface area contributed by atoms with Crippen LogP contribution >= 0.6 is 0 Å². The van der Waals surface area contributed by atoms with Crippen LogP contribution in [0, 0.1) is 0 Å². The molecule has 2 aliphatic carbocycles. The Morgan fingerprint density at radius 3 is 2.45 bits per heavy atom. The van der Waals surface area contributed by atoms with Gasteiger partial charge in [0, 0.05) is 5.92 Å². The Bertz CT molecular complexity index is 938. The predicted octanol–water partition coefficient (Wildman–Crippen LogP) is 5.81. The Labute approximate surface area is 131 Å². The van der Waals surface area contributed by atoms with Crippen molar-refractivity contribution in [3.8, 4) is 0 Å². The lowest BCUT2D eigenvalue weighted by Crippen LogP contribution is -2.14. The van der Waals surface area contributed by atoms with E-state index in [4.69, 9.17) is 0 Å². The van der Waals surface area contributed by atoms with Crippen molar-refractivity contribution in [2.24, 2.45) is 0 Å². The van der Waals surface area contributed by atoms with Crippen LogP contribution in [0.5, 0.6) is 0 Å². The first-order chi connectivity index (χ1) is 10.8. The standard InChI is InChI=1S/C22H18/c1-14-17-10-4-7-16-8-5-11-19(22(16)17)20-13-12-15-6-2-3-9-18(15)21(14)20/h2-11,14H,12-13H2,1H3. The lowest BCUT2D eigenvalue weighted by molar-refractivity contribution is 0.925. The molecule has 1 atom stereocenters. The number of rotatable bonds is 0. The van der Waals surface area contributed by atoms with E-state index in [1.807, 2.05) is 0 Å². The Kier molecular flexibility index (Phi) is 2.41. The maximum Gasteiger partial charge on any atom is 0.00763 e. The minimum Gasteiger partial charge on any atom is -0.0620 e. The zero-order chi connectivity index (χ0) is 14.7. The second-order valence-corrected chi connectivity index (χ2v) is 6.52. The fourth-order valence-corrected chi connectivity index (χ4v) is 4.47. The first-order valence-electron chi connectivity index (χ1n) is 8.18. The highest BCUT2D eigenvalue weighted by molar-refractivity contribution is 6.09. The Morgan fingerprint density at radius 1 is 0.773 bits per heavy atom. The third-order valence-electron chi connectivity index (χ3n) is 5.44. The van der Waals surface area contributed by atoms with Crippen molar-refractivity contribution < 1.29 is 0 Å². The highest BCUT2D eigenvalue weighted by Crippen LogP contribution is 2.50. The maximum atomic E-state index is 2.38. The highest BCUT2D eigenvalue weighted by atomic mass is 14.3. The second kappa shape index (κ2) is 4.33. The van der Waals surface area contributed by atoms with Gasteiger partial charge in [0.1, 0.15) is 0 Å². The van der Waals surface area contributed by atoms with Crippen LogP contribution < -0.4 is 0 Å².